The minimum absolute atomic E-state index is 0.0670. The fourth-order valence-corrected chi connectivity index (χ4v) is 13.1. The summed E-state index contributed by atoms with van der Waals surface area (Å²) in [7, 11) is 0. The molecule has 26 heteroatoms. The van der Waals surface area contributed by atoms with Crippen LogP contribution >= 0.6 is 23.2 Å². The van der Waals surface area contributed by atoms with Gasteiger partial charge in [0, 0.05) is 140 Å². The number of benzene rings is 2. The molecule has 92 heavy (non-hydrogen) atoms. The van der Waals surface area contributed by atoms with E-state index in [0.29, 0.717) is 98.3 Å². The van der Waals surface area contributed by atoms with Crippen LogP contribution in [-0.4, -0.2) is 179 Å². The molecule has 24 nitrogen and oxygen atoms in total. The van der Waals surface area contributed by atoms with Crippen molar-refractivity contribution in [3.05, 3.63) is 121 Å². The summed E-state index contributed by atoms with van der Waals surface area (Å²) in [5, 5.41) is 24.9. The Balaban J connectivity index is 0.000000159. The molecule has 2 saturated carbocycles. The summed E-state index contributed by atoms with van der Waals surface area (Å²) in [6.45, 7) is 14.2. The van der Waals surface area contributed by atoms with E-state index in [1.807, 2.05) is 101 Å². The van der Waals surface area contributed by atoms with Gasteiger partial charge >= 0.3 is 24.3 Å². The van der Waals surface area contributed by atoms with Gasteiger partial charge in [0.25, 0.3) is 0 Å². The average Bonchev–Trinajstić information content (AvgIpc) is 1.63. The lowest BCUT2D eigenvalue weighted by atomic mass is 9.88. The van der Waals surface area contributed by atoms with Crippen molar-refractivity contribution in [2.75, 3.05) is 49.9 Å². The molecule has 5 fully saturated rings. The Labute approximate surface area is 544 Å². The fourth-order valence-electron chi connectivity index (χ4n) is 12.7. The normalized spacial score (nSPS) is 20.6. The van der Waals surface area contributed by atoms with Gasteiger partial charge in [-0.15, -0.1) is 0 Å². The van der Waals surface area contributed by atoms with Crippen LogP contribution in [0.5, 0.6) is 0 Å². The highest BCUT2D eigenvalue weighted by atomic mass is 35.5. The Morgan fingerprint density at radius 1 is 0.674 bits per heavy atom. The number of nitrogens with zero attached hydrogens (tertiary/aromatic N) is 11. The largest absolute Gasteiger partial charge is 0.444 e. The first-order valence-electron chi connectivity index (χ1n) is 31.7. The summed E-state index contributed by atoms with van der Waals surface area (Å²) >= 11 is 13.0. The number of anilines is 2. The van der Waals surface area contributed by atoms with Crippen LogP contribution < -0.4 is 16.0 Å². The summed E-state index contributed by atoms with van der Waals surface area (Å²) in [6, 6.07) is 16.6. The Morgan fingerprint density at radius 3 is 1.65 bits per heavy atom. The van der Waals surface area contributed by atoms with Crippen molar-refractivity contribution in [2.24, 2.45) is 0 Å². The van der Waals surface area contributed by atoms with Gasteiger partial charge in [-0.05, 0) is 118 Å². The van der Waals surface area contributed by atoms with E-state index >= 15 is 0 Å². The first kappa shape index (κ1) is 65.2. The monoisotopic (exact) mass is 1300 g/mol. The molecule has 6 aromatic heterocycles. The van der Waals surface area contributed by atoms with Crippen LogP contribution in [0.2, 0.25) is 10.0 Å². The fraction of sp³-hybridized carbons (Fsp3) is 0.485. The Hall–Kier alpha value is -8.32. The van der Waals surface area contributed by atoms with Crippen LogP contribution in [0.4, 0.5) is 31.1 Å². The third-order valence-electron chi connectivity index (χ3n) is 17.4. The number of carbonyl (C=O) groups excluding carboxylic acids is 4. The van der Waals surface area contributed by atoms with Gasteiger partial charge < -0.3 is 59.9 Å². The SMILES string of the molecule is CC(C)(C)OC(=O)N1CCC(O)(CN[C@H]2CCC[C@@H](Nc3ncc(Cl)c(-c4c[nH]c5ccccc45)n3)C2)CC1.CC(C)(C)OC(=O)N1CCC2(CC1)CN([C@H]1CCC[C@@H](Nc3ncc(Cl)c(-c4c[nH]c5ccccc45)n3)C1)C(=O)O2.O=C(n1ccnc1)n1ccnc1. The highest BCUT2D eigenvalue weighted by Gasteiger charge is 2.50. The number of halogens is 2. The van der Waals surface area contributed by atoms with Crippen LogP contribution in [-0.2, 0) is 14.2 Å². The number of H-pyrrole nitrogens is 2. The van der Waals surface area contributed by atoms with Crippen molar-refractivity contribution in [2.45, 2.75) is 165 Å². The molecule has 3 saturated heterocycles. The van der Waals surface area contributed by atoms with Gasteiger partial charge in [0.05, 0.1) is 46.0 Å². The molecule has 0 bridgehead atoms. The van der Waals surface area contributed by atoms with Gasteiger partial charge in [-0.2, -0.15) is 0 Å². The van der Waals surface area contributed by atoms with E-state index in [1.165, 1.54) is 21.8 Å². The zero-order valence-corrected chi connectivity index (χ0v) is 54.4. The first-order valence-corrected chi connectivity index (χ1v) is 32.4. The molecule has 8 aromatic rings. The van der Waals surface area contributed by atoms with Gasteiger partial charge in [0.1, 0.15) is 29.5 Å². The second-order valence-corrected chi connectivity index (χ2v) is 27.4. The van der Waals surface area contributed by atoms with Crippen molar-refractivity contribution in [1.82, 2.24) is 69.0 Å². The third kappa shape index (κ3) is 16.1. The number of nitrogens with one attached hydrogen (secondary N) is 5. The first-order chi connectivity index (χ1) is 44.1. The summed E-state index contributed by atoms with van der Waals surface area (Å²) in [5.41, 5.74) is 2.89. The number of hydrogen-bond acceptors (Lipinski definition) is 17. The van der Waals surface area contributed by atoms with Gasteiger partial charge in [-0.1, -0.05) is 59.6 Å². The van der Waals surface area contributed by atoms with Crippen LogP contribution in [0.25, 0.3) is 44.3 Å². The smallest absolute Gasteiger partial charge is 0.410 e. The lowest BCUT2D eigenvalue weighted by Gasteiger charge is -2.40. The number of hydrogen-bond donors (Lipinski definition) is 6. The molecule has 5 aliphatic rings. The topological polar surface area (TPSA) is 281 Å². The maximum absolute atomic E-state index is 13.1. The molecular weight excluding hydrogens is 1220 g/mol. The number of ether oxygens (including phenoxy) is 3. The second kappa shape index (κ2) is 27.9. The number of piperidine rings is 2. The third-order valence-corrected chi connectivity index (χ3v) is 18.0. The molecule has 488 valence electrons. The minimum atomic E-state index is -0.827. The molecule has 13 rings (SSSR count). The van der Waals surface area contributed by atoms with Crippen molar-refractivity contribution in [1.29, 1.82) is 0 Å². The summed E-state index contributed by atoms with van der Waals surface area (Å²) in [5.74, 6) is 1.09. The standard InChI is InChI=1S/C30H37ClN6O4.C29H39ClN6O3.C7H6N4O/c1-29(2,3)40-27(38)36-13-11-30(12-14-36)18-37(28(39)41-30)20-8-6-7-19(15-20)34-26-33-17-23(31)25(35-26)22-16-32-24-10-5-4-9-21(22)24;1-28(2,3)39-27(37)36-13-11-29(38,12-14-36)18-33-19-7-6-8-20(15-19)34-26-32-17-23(30)25(35-26)22-16-31-24-10-5-4-9-21(22)24;12-7(10-3-1-8-5-10)11-4-2-9-6-11/h4-5,9-10,16-17,19-20,32H,6-8,11-15,18H2,1-3H3,(H,33,34,35);4-5,9-10,16-17,19-20,31,33,38H,6-8,11-15,18H2,1-3H3,(H,32,34,35);1-6H/t2*19-,20+;/m10./s1. The Bertz CT molecular complexity index is 3790. The Kier molecular flexibility index (Phi) is 19.7. The molecule has 3 aliphatic heterocycles. The van der Waals surface area contributed by atoms with E-state index in [0.717, 1.165) is 84.3 Å². The number of fused-ring (bicyclic) bond motifs is 2. The molecule has 3 amide bonds. The van der Waals surface area contributed by atoms with Crippen LogP contribution in [0.15, 0.2) is 111 Å². The predicted octanol–water partition coefficient (Wildman–Crippen LogP) is 12.2. The van der Waals surface area contributed by atoms with Crippen LogP contribution in [0, 0.1) is 0 Å². The highest BCUT2D eigenvalue weighted by molar-refractivity contribution is 6.33. The number of likely N-dealkylation sites (tertiary alicyclic amines) is 2. The minimum Gasteiger partial charge on any atom is -0.444 e. The van der Waals surface area contributed by atoms with E-state index in [1.54, 1.807) is 47.0 Å². The van der Waals surface area contributed by atoms with Crippen LogP contribution in [0.3, 0.4) is 0 Å². The van der Waals surface area contributed by atoms with E-state index in [9.17, 15) is 24.3 Å². The molecule has 6 N–H and O–H groups in total. The van der Waals surface area contributed by atoms with E-state index in [4.69, 9.17) is 47.4 Å². The van der Waals surface area contributed by atoms with Crippen molar-refractivity contribution in [3.63, 3.8) is 0 Å². The number of imidazole rings is 2. The summed E-state index contributed by atoms with van der Waals surface area (Å²) in [4.78, 5) is 87.2. The molecule has 1 spiro atoms. The zero-order chi connectivity index (χ0) is 64.8. The lowest BCUT2D eigenvalue weighted by Crippen LogP contribution is -2.54. The number of para-hydroxylation sites is 2. The number of rotatable bonds is 10. The number of aliphatic hydroxyl groups is 1. The predicted molar refractivity (Wildman–Crippen MR) is 352 cm³/mol. The molecular formula is C66H82Cl2N16O8. The number of carbonyl (C=O) groups is 4. The number of aromatic amines is 2. The maximum Gasteiger partial charge on any atom is 0.410 e. The molecule has 0 radical (unpaired) electrons. The number of aromatic nitrogens is 10. The summed E-state index contributed by atoms with van der Waals surface area (Å²) in [6.07, 6.45) is 25.4. The quantitative estimate of drug-likeness (QED) is 0.0694. The van der Waals surface area contributed by atoms with Gasteiger partial charge in [-0.25, -0.2) is 49.1 Å². The molecule has 0 unspecified atom stereocenters. The van der Waals surface area contributed by atoms with Gasteiger partial charge in [0.2, 0.25) is 11.9 Å². The molecule has 9 heterocycles. The Morgan fingerprint density at radius 2 is 1.15 bits per heavy atom. The molecule has 2 aliphatic carbocycles. The van der Waals surface area contributed by atoms with Gasteiger partial charge in [0.15, 0.2) is 0 Å². The van der Waals surface area contributed by atoms with Crippen molar-refractivity contribution >= 4 is 81.2 Å². The molecule has 4 atom stereocenters. The van der Waals surface area contributed by atoms with Gasteiger partial charge in [-0.3, -0.25) is 9.13 Å². The van der Waals surface area contributed by atoms with Crippen molar-refractivity contribution in [3.8, 4) is 22.5 Å². The highest BCUT2D eigenvalue weighted by Crippen LogP contribution is 2.39. The average molecular weight is 1300 g/mol. The lowest BCUT2D eigenvalue weighted by molar-refractivity contribution is -0.0328. The van der Waals surface area contributed by atoms with E-state index in [2.05, 4.69) is 51.9 Å². The molecule has 2 aromatic carbocycles. The van der Waals surface area contributed by atoms with E-state index in [-0.39, 0.29) is 48.5 Å². The van der Waals surface area contributed by atoms with Crippen LogP contribution in [0.1, 0.15) is 119 Å². The number of amides is 3. The van der Waals surface area contributed by atoms with E-state index < -0.39 is 22.4 Å². The van der Waals surface area contributed by atoms with Crippen molar-refractivity contribution < 1.29 is 38.5 Å². The second-order valence-electron chi connectivity index (χ2n) is 26.6. The zero-order valence-electron chi connectivity index (χ0n) is 52.9. The maximum atomic E-state index is 13.1. The summed E-state index contributed by atoms with van der Waals surface area (Å²) < 4.78 is 19.7.